The van der Waals surface area contributed by atoms with Gasteiger partial charge in [0.15, 0.2) is 0 Å². The van der Waals surface area contributed by atoms with Crippen molar-refractivity contribution in [1.82, 2.24) is 4.90 Å². The molecule has 0 saturated carbocycles. The van der Waals surface area contributed by atoms with Crippen molar-refractivity contribution in [2.24, 2.45) is 0 Å². The van der Waals surface area contributed by atoms with Crippen molar-refractivity contribution in [3.8, 4) is 5.75 Å². The number of rotatable bonds is 3. The molecule has 1 N–H and O–H groups in total. The standard InChI is InChI=1S/C20H22ClN3O3/c1-13-4-7-16(8-5-13)22-20(26)23-10-11-24(19(25)14(23)2)17-12-15(21)6-9-18(17)27-3/h4-9,12,14H,10-11H2,1-3H3,(H,22,26). The highest BCUT2D eigenvalue weighted by Crippen LogP contribution is 2.33. The van der Waals surface area contributed by atoms with E-state index in [2.05, 4.69) is 5.32 Å². The zero-order chi connectivity index (χ0) is 19.6. The van der Waals surface area contributed by atoms with Crippen LogP contribution in [-0.2, 0) is 4.79 Å². The average molecular weight is 388 g/mol. The quantitative estimate of drug-likeness (QED) is 0.868. The third-order valence-corrected chi connectivity index (χ3v) is 4.89. The smallest absolute Gasteiger partial charge is 0.322 e. The number of nitrogens with one attached hydrogen (secondary N) is 1. The van der Waals surface area contributed by atoms with E-state index in [9.17, 15) is 9.59 Å². The molecular weight excluding hydrogens is 366 g/mol. The maximum atomic E-state index is 12.9. The molecule has 6 nitrogen and oxygen atoms in total. The number of carbonyl (C=O) groups is 2. The van der Waals surface area contributed by atoms with Gasteiger partial charge in [-0.2, -0.15) is 0 Å². The Hall–Kier alpha value is -2.73. The van der Waals surface area contributed by atoms with Crippen LogP contribution in [-0.4, -0.2) is 43.1 Å². The van der Waals surface area contributed by atoms with Crippen LogP contribution in [0.25, 0.3) is 0 Å². The first kappa shape index (κ1) is 19.0. The summed E-state index contributed by atoms with van der Waals surface area (Å²) in [6.07, 6.45) is 0. The van der Waals surface area contributed by atoms with E-state index in [1.165, 1.54) is 4.90 Å². The fourth-order valence-electron chi connectivity index (χ4n) is 3.09. The normalized spacial score (nSPS) is 17.0. The second-order valence-electron chi connectivity index (χ2n) is 6.47. The lowest BCUT2D eigenvalue weighted by atomic mass is 10.1. The molecule has 3 rings (SSSR count). The highest BCUT2D eigenvalue weighted by atomic mass is 35.5. The van der Waals surface area contributed by atoms with Crippen LogP contribution in [0, 0.1) is 6.92 Å². The van der Waals surface area contributed by atoms with Crippen LogP contribution in [0.4, 0.5) is 16.2 Å². The van der Waals surface area contributed by atoms with Gasteiger partial charge in [-0.1, -0.05) is 29.3 Å². The molecular formula is C20H22ClN3O3. The molecule has 3 amide bonds. The highest BCUT2D eigenvalue weighted by molar-refractivity contribution is 6.31. The minimum absolute atomic E-state index is 0.180. The molecule has 0 spiro atoms. The molecule has 1 fully saturated rings. The zero-order valence-electron chi connectivity index (χ0n) is 15.5. The van der Waals surface area contributed by atoms with Crippen LogP contribution in [0.3, 0.4) is 0 Å². The number of amides is 3. The lowest BCUT2D eigenvalue weighted by molar-refractivity contribution is -0.123. The Bertz CT molecular complexity index is 854. The molecule has 0 radical (unpaired) electrons. The highest BCUT2D eigenvalue weighted by Gasteiger charge is 2.36. The molecule has 0 aromatic heterocycles. The third-order valence-electron chi connectivity index (χ3n) is 4.65. The van der Waals surface area contributed by atoms with Gasteiger partial charge in [0.1, 0.15) is 11.8 Å². The molecule has 0 bridgehead atoms. The maximum Gasteiger partial charge on any atom is 0.322 e. The topological polar surface area (TPSA) is 61.9 Å². The molecule has 1 aliphatic heterocycles. The number of methoxy groups -OCH3 is 1. The fraction of sp³-hybridized carbons (Fsp3) is 0.300. The van der Waals surface area contributed by atoms with E-state index < -0.39 is 6.04 Å². The Kier molecular flexibility index (Phi) is 5.56. The van der Waals surface area contributed by atoms with Crippen molar-refractivity contribution in [1.29, 1.82) is 0 Å². The van der Waals surface area contributed by atoms with Crippen molar-refractivity contribution in [2.45, 2.75) is 19.9 Å². The summed E-state index contributed by atoms with van der Waals surface area (Å²) >= 11 is 6.09. The van der Waals surface area contributed by atoms with Crippen LogP contribution in [0.1, 0.15) is 12.5 Å². The Morgan fingerprint density at radius 3 is 2.56 bits per heavy atom. The van der Waals surface area contributed by atoms with Gasteiger partial charge >= 0.3 is 6.03 Å². The Morgan fingerprint density at radius 1 is 1.19 bits per heavy atom. The van der Waals surface area contributed by atoms with Crippen LogP contribution >= 0.6 is 11.6 Å². The summed E-state index contributed by atoms with van der Waals surface area (Å²) in [6.45, 7) is 4.47. The first-order chi connectivity index (χ1) is 12.9. The summed E-state index contributed by atoms with van der Waals surface area (Å²) in [5, 5.41) is 3.37. The molecule has 1 atom stereocenters. The van der Waals surface area contributed by atoms with Gasteiger partial charge in [0.2, 0.25) is 5.91 Å². The average Bonchev–Trinajstić information content (AvgIpc) is 2.65. The van der Waals surface area contributed by atoms with Crippen molar-refractivity contribution >= 4 is 34.9 Å². The zero-order valence-corrected chi connectivity index (χ0v) is 16.3. The molecule has 1 saturated heterocycles. The van der Waals surface area contributed by atoms with E-state index in [1.807, 2.05) is 31.2 Å². The number of piperazine rings is 1. The lowest BCUT2D eigenvalue weighted by Crippen LogP contribution is -2.58. The van der Waals surface area contributed by atoms with Gasteiger partial charge in [0.25, 0.3) is 0 Å². The number of carbonyl (C=O) groups excluding carboxylic acids is 2. The van der Waals surface area contributed by atoms with Gasteiger partial charge in [0, 0.05) is 23.8 Å². The molecule has 1 aliphatic rings. The molecule has 2 aromatic rings. The Labute approximate surface area is 163 Å². The van der Waals surface area contributed by atoms with E-state index in [0.717, 1.165) is 5.56 Å². The Morgan fingerprint density at radius 2 is 1.89 bits per heavy atom. The van der Waals surface area contributed by atoms with Crippen LogP contribution < -0.4 is 15.0 Å². The molecule has 1 unspecified atom stereocenters. The van der Waals surface area contributed by atoms with Crippen LogP contribution in [0.5, 0.6) is 5.75 Å². The minimum atomic E-state index is -0.604. The maximum absolute atomic E-state index is 12.9. The molecule has 1 heterocycles. The lowest BCUT2D eigenvalue weighted by Gasteiger charge is -2.39. The second kappa shape index (κ2) is 7.88. The number of anilines is 2. The summed E-state index contributed by atoms with van der Waals surface area (Å²) < 4.78 is 5.35. The monoisotopic (exact) mass is 387 g/mol. The van der Waals surface area contributed by atoms with Crippen molar-refractivity contribution < 1.29 is 14.3 Å². The summed E-state index contributed by atoms with van der Waals surface area (Å²) in [4.78, 5) is 28.7. The minimum Gasteiger partial charge on any atom is -0.495 e. The van der Waals surface area contributed by atoms with E-state index in [1.54, 1.807) is 37.1 Å². The summed E-state index contributed by atoms with van der Waals surface area (Å²) in [5.74, 6) is 0.387. The van der Waals surface area contributed by atoms with Crippen LogP contribution in [0.15, 0.2) is 42.5 Å². The van der Waals surface area contributed by atoms with E-state index >= 15 is 0 Å². The molecule has 2 aromatic carbocycles. The third kappa shape index (κ3) is 4.01. The van der Waals surface area contributed by atoms with E-state index in [-0.39, 0.29) is 11.9 Å². The van der Waals surface area contributed by atoms with E-state index in [4.69, 9.17) is 16.3 Å². The van der Waals surface area contributed by atoms with Gasteiger partial charge in [0.05, 0.1) is 12.8 Å². The largest absolute Gasteiger partial charge is 0.495 e. The van der Waals surface area contributed by atoms with Crippen LogP contribution in [0.2, 0.25) is 5.02 Å². The van der Waals surface area contributed by atoms with Crippen molar-refractivity contribution in [3.05, 3.63) is 53.1 Å². The predicted molar refractivity (Wildman–Crippen MR) is 107 cm³/mol. The van der Waals surface area contributed by atoms with Crippen molar-refractivity contribution in [2.75, 3.05) is 30.4 Å². The number of halogens is 1. The molecule has 0 aliphatic carbocycles. The summed E-state index contributed by atoms with van der Waals surface area (Å²) in [7, 11) is 1.55. The van der Waals surface area contributed by atoms with Gasteiger partial charge < -0.3 is 19.9 Å². The van der Waals surface area contributed by atoms with Gasteiger partial charge in [-0.3, -0.25) is 4.79 Å². The number of urea groups is 1. The SMILES string of the molecule is COc1ccc(Cl)cc1N1CCN(C(=O)Nc2ccc(C)cc2)C(C)C1=O. The summed E-state index contributed by atoms with van der Waals surface area (Å²) in [6, 6.07) is 11.8. The molecule has 27 heavy (non-hydrogen) atoms. The molecule has 142 valence electrons. The first-order valence-corrected chi connectivity index (χ1v) is 9.07. The Balaban J connectivity index is 1.75. The van der Waals surface area contributed by atoms with Gasteiger partial charge in [-0.05, 0) is 44.2 Å². The van der Waals surface area contributed by atoms with E-state index in [0.29, 0.717) is 35.2 Å². The number of benzene rings is 2. The summed E-state index contributed by atoms with van der Waals surface area (Å²) in [5.41, 5.74) is 2.42. The first-order valence-electron chi connectivity index (χ1n) is 8.70. The van der Waals surface area contributed by atoms with Gasteiger partial charge in [-0.25, -0.2) is 4.79 Å². The number of hydrogen-bond donors (Lipinski definition) is 1. The van der Waals surface area contributed by atoms with Gasteiger partial charge in [-0.15, -0.1) is 0 Å². The fourth-order valence-corrected chi connectivity index (χ4v) is 3.26. The molecule has 7 heteroatoms. The number of ether oxygens (including phenoxy) is 1. The predicted octanol–water partition coefficient (Wildman–Crippen LogP) is 3.93. The number of aryl methyl sites for hydroxylation is 1. The van der Waals surface area contributed by atoms with Crippen molar-refractivity contribution in [3.63, 3.8) is 0 Å². The number of nitrogens with zero attached hydrogens (tertiary/aromatic N) is 2. The second-order valence-corrected chi connectivity index (χ2v) is 6.91. The number of hydrogen-bond acceptors (Lipinski definition) is 3.